The fourth-order valence-electron chi connectivity index (χ4n) is 2.69. The fraction of sp³-hybridized carbons (Fsp3) is 0.846. The zero-order valence-corrected chi connectivity index (χ0v) is 10.3. The molecule has 0 aromatic heterocycles. The van der Waals surface area contributed by atoms with E-state index in [-0.39, 0.29) is 5.78 Å². The Morgan fingerprint density at radius 3 is 2.44 bits per heavy atom. The minimum absolute atomic E-state index is 0.0434. The van der Waals surface area contributed by atoms with Gasteiger partial charge in [0.2, 0.25) is 0 Å². The molecule has 0 spiro atoms. The Hall–Kier alpha value is -0.860. The fourth-order valence-corrected chi connectivity index (χ4v) is 2.69. The van der Waals surface area contributed by atoms with Crippen LogP contribution < -0.4 is 0 Å². The van der Waals surface area contributed by atoms with Gasteiger partial charge in [-0.25, -0.2) is 0 Å². The molecule has 1 aliphatic rings. The molecule has 3 nitrogen and oxygen atoms in total. The Morgan fingerprint density at radius 2 is 2.00 bits per heavy atom. The number of Topliss-reactive ketones (excluding diaryl/α,β-unsaturated/α-hetero) is 1. The van der Waals surface area contributed by atoms with E-state index >= 15 is 0 Å². The molecule has 0 radical (unpaired) electrons. The maximum atomic E-state index is 11.9. The van der Waals surface area contributed by atoms with Gasteiger partial charge in [-0.05, 0) is 25.2 Å². The van der Waals surface area contributed by atoms with E-state index in [1.165, 1.54) is 0 Å². The van der Waals surface area contributed by atoms with Crippen LogP contribution in [0.4, 0.5) is 0 Å². The summed E-state index contributed by atoms with van der Waals surface area (Å²) < 4.78 is 0. The van der Waals surface area contributed by atoms with Crippen molar-refractivity contribution in [2.45, 2.75) is 58.8 Å². The van der Waals surface area contributed by atoms with Gasteiger partial charge in [0.15, 0.2) is 0 Å². The molecule has 1 rings (SSSR count). The van der Waals surface area contributed by atoms with Crippen LogP contribution in [0.5, 0.6) is 0 Å². The molecule has 1 N–H and O–H groups in total. The van der Waals surface area contributed by atoms with Crippen molar-refractivity contribution < 1.29 is 14.7 Å². The number of aliphatic carboxylic acids is 1. The maximum Gasteiger partial charge on any atom is 0.317 e. The summed E-state index contributed by atoms with van der Waals surface area (Å²) in [5.41, 5.74) is -1.06. The van der Waals surface area contributed by atoms with Gasteiger partial charge in [0.05, 0.1) is 0 Å². The number of hydrogen-bond acceptors (Lipinski definition) is 2. The summed E-state index contributed by atoms with van der Waals surface area (Å²) >= 11 is 0. The minimum Gasteiger partial charge on any atom is -0.480 e. The number of rotatable bonds is 5. The van der Waals surface area contributed by atoms with Crippen molar-refractivity contribution in [2.24, 2.45) is 11.3 Å². The van der Waals surface area contributed by atoms with E-state index in [1.54, 1.807) is 0 Å². The van der Waals surface area contributed by atoms with Crippen LogP contribution >= 0.6 is 0 Å². The van der Waals surface area contributed by atoms with Crippen LogP contribution in [0.25, 0.3) is 0 Å². The smallest absolute Gasteiger partial charge is 0.317 e. The van der Waals surface area contributed by atoms with E-state index in [0.29, 0.717) is 25.2 Å². The molecule has 1 fully saturated rings. The second-order valence-corrected chi connectivity index (χ2v) is 4.90. The lowest BCUT2D eigenvalue weighted by molar-refractivity contribution is -0.158. The molecule has 0 amide bonds. The average molecular weight is 226 g/mol. The normalized spacial score (nSPS) is 26.1. The Morgan fingerprint density at radius 1 is 1.38 bits per heavy atom. The van der Waals surface area contributed by atoms with E-state index < -0.39 is 11.4 Å². The number of ketones is 1. The van der Waals surface area contributed by atoms with Crippen LogP contribution in [0.1, 0.15) is 58.8 Å². The summed E-state index contributed by atoms with van der Waals surface area (Å²) in [6.45, 7) is 4.13. The summed E-state index contributed by atoms with van der Waals surface area (Å²) in [6, 6.07) is 0. The molecule has 16 heavy (non-hydrogen) atoms. The first-order valence-electron chi connectivity index (χ1n) is 6.33. The highest BCUT2D eigenvalue weighted by Crippen LogP contribution is 2.40. The van der Waals surface area contributed by atoms with Gasteiger partial charge in [-0.1, -0.05) is 33.1 Å². The van der Waals surface area contributed by atoms with E-state index in [0.717, 1.165) is 25.7 Å². The van der Waals surface area contributed by atoms with Gasteiger partial charge >= 0.3 is 5.97 Å². The van der Waals surface area contributed by atoms with Crippen LogP contribution in [-0.2, 0) is 9.59 Å². The zero-order chi connectivity index (χ0) is 12.2. The Kier molecular flexibility index (Phi) is 4.51. The summed E-state index contributed by atoms with van der Waals surface area (Å²) in [5, 5.41) is 9.38. The third kappa shape index (κ3) is 2.45. The standard InChI is InChI=1S/C13H22O3/c1-3-10(4-2)9-13(12(15)16)8-6-5-7-11(13)14/h10H,3-9H2,1-2H3,(H,15,16). The van der Waals surface area contributed by atoms with Gasteiger partial charge in [-0.3, -0.25) is 9.59 Å². The molecular weight excluding hydrogens is 204 g/mol. The highest BCUT2D eigenvalue weighted by molar-refractivity contribution is 6.03. The minimum atomic E-state index is -1.06. The van der Waals surface area contributed by atoms with E-state index in [1.807, 2.05) is 0 Å². The molecule has 1 atom stereocenters. The first-order valence-corrected chi connectivity index (χ1v) is 6.33. The summed E-state index contributed by atoms with van der Waals surface area (Å²) in [6.07, 6.45) is 5.17. The Labute approximate surface area is 97.2 Å². The van der Waals surface area contributed by atoms with Crippen LogP contribution in [0.2, 0.25) is 0 Å². The van der Waals surface area contributed by atoms with E-state index in [2.05, 4.69) is 13.8 Å². The molecule has 92 valence electrons. The van der Waals surface area contributed by atoms with Crippen molar-refractivity contribution in [3.8, 4) is 0 Å². The van der Waals surface area contributed by atoms with Crippen LogP contribution in [-0.4, -0.2) is 16.9 Å². The van der Waals surface area contributed by atoms with Crippen LogP contribution in [0.15, 0.2) is 0 Å². The summed E-state index contributed by atoms with van der Waals surface area (Å²) in [5.74, 6) is -0.583. The first kappa shape index (κ1) is 13.2. The SMILES string of the molecule is CCC(CC)CC1(C(=O)O)CCCCC1=O. The first-order chi connectivity index (χ1) is 7.56. The Balaban J connectivity index is 2.87. The van der Waals surface area contributed by atoms with Crippen molar-refractivity contribution in [1.82, 2.24) is 0 Å². The molecule has 0 heterocycles. The average Bonchev–Trinajstić information content (AvgIpc) is 2.28. The van der Waals surface area contributed by atoms with Gasteiger partial charge < -0.3 is 5.11 Å². The lowest BCUT2D eigenvalue weighted by Gasteiger charge is -2.34. The molecule has 3 heteroatoms. The predicted molar refractivity (Wildman–Crippen MR) is 62.2 cm³/mol. The predicted octanol–water partition coefficient (Wildman–Crippen LogP) is 3.03. The second kappa shape index (κ2) is 5.46. The molecule has 0 aliphatic heterocycles. The lowest BCUT2D eigenvalue weighted by Crippen LogP contribution is -2.43. The van der Waals surface area contributed by atoms with Gasteiger partial charge in [0.1, 0.15) is 11.2 Å². The van der Waals surface area contributed by atoms with E-state index in [4.69, 9.17) is 0 Å². The van der Waals surface area contributed by atoms with Crippen molar-refractivity contribution in [1.29, 1.82) is 0 Å². The topological polar surface area (TPSA) is 54.4 Å². The van der Waals surface area contributed by atoms with Crippen LogP contribution in [0, 0.1) is 11.3 Å². The van der Waals surface area contributed by atoms with Crippen molar-refractivity contribution in [3.63, 3.8) is 0 Å². The summed E-state index contributed by atoms with van der Waals surface area (Å²) in [7, 11) is 0. The molecule has 0 saturated heterocycles. The third-order valence-electron chi connectivity index (χ3n) is 3.99. The molecule has 0 aromatic rings. The third-order valence-corrected chi connectivity index (χ3v) is 3.99. The number of carbonyl (C=O) groups excluding carboxylic acids is 1. The van der Waals surface area contributed by atoms with Crippen molar-refractivity contribution in [2.75, 3.05) is 0 Å². The maximum absolute atomic E-state index is 11.9. The van der Waals surface area contributed by atoms with Gasteiger partial charge in [-0.15, -0.1) is 0 Å². The highest BCUT2D eigenvalue weighted by Gasteiger charge is 2.47. The van der Waals surface area contributed by atoms with Gasteiger partial charge in [-0.2, -0.15) is 0 Å². The number of carboxylic acids is 1. The quantitative estimate of drug-likeness (QED) is 0.733. The number of carboxylic acid groups (broad SMARTS) is 1. The van der Waals surface area contributed by atoms with Crippen LogP contribution in [0.3, 0.4) is 0 Å². The monoisotopic (exact) mass is 226 g/mol. The largest absolute Gasteiger partial charge is 0.480 e. The molecular formula is C13H22O3. The lowest BCUT2D eigenvalue weighted by atomic mass is 9.67. The van der Waals surface area contributed by atoms with Crippen molar-refractivity contribution in [3.05, 3.63) is 0 Å². The number of hydrogen-bond donors (Lipinski definition) is 1. The molecule has 1 aliphatic carbocycles. The molecule has 0 bridgehead atoms. The number of carbonyl (C=O) groups is 2. The zero-order valence-electron chi connectivity index (χ0n) is 10.3. The van der Waals surface area contributed by atoms with Crippen molar-refractivity contribution >= 4 is 11.8 Å². The second-order valence-electron chi connectivity index (χ2n) is 4.90. The Bertz CT molecular complexity index is 268. The molecule has 1 saturated carbocycles. The molecule has 1 unspecified atom stereocenters. The van der Waals surface area contributed by atoms with Gasteiger partial charge in [0, 0.05) is 6.42 Å². The van der Waals surface area contributed by atoms with E-state index in [9.17, 15) is 14.7 Å². The van der Waals surface area contributed by atoms with Gasteiger partial charge in [0.25, 0.3) is 0 Å². The summed E-state index contributed by atoms with van der Waals surface area (Å²) in [4.78, 5) is 23.4. The highest BCUT2D eigenvalue weighted by atomic mass is 16.4. The molecule has 0 aromatic carbocycles.